The van der Waals surface area contributed by atoms with Crippen molar-refractivity contribution in [2.24, 2.45) is 0 Å². The van der Waals surface area contributed by atoms with Gasteiger partial charge in [-0.05, 0) is 94.8 Å². The van der Waals surface area contributed by atoms with Gasteiger partial charge in [0.1, 0.15) is 0 Å². The lowest BCUT2D eigenvalue weighted by molar-refractivity contribution is 1.36. The van der Waals surface area contributed by atoms with Gasteiger partial charge in [-0.2, -0.15) is 0 Å². The molecule has 0 heteroatoms. The second kappa shape index (κ2) is 3.98. The quantitative estimate of drug-likeness (QED) is 0.338. The molecule has 4 aromatic carbocycles. The molecule has 104 valence electrons. The smallest absolute Gasteiger partial charge is 0.00210 e. The zero-order chi connectivity index (χ0) is 14.9. The van der Waals surface area contributed by atoms with Gasteiger partial charge in [-0.1, -0.05) is 30.3 Å². The van der Waals surface area contributed by atoms with Crippen molar-refractivity contribution in [2.45, 2.75) is 34.6 Å². The van der Waals surface area contributed by atoms with E-state index in [-0.39, 0.29) is 0 Å². The minimum absolute atomic E-state index is 1.36. The lowest BCUT2D eigenvalue weighted by atomic mass is 9.84. The van der Waals surface area contributed by atoms with Gasteiger partial charge in [-0.25, -0.2) is 0 Å². The summed E-state index contributed by atoms with van der Waals surface area (Å²) in [4.78, 5) is 0. The standard InChI is InChI=1S/C21H20/c1-11-6-7-16-8-9-17-13(3)12(2)10-18-14(4)15(5)19(11)20(16)21(17)18/h6-10H,1-5H3. The van der Waals surface area contributed by atoms with Crippen molar-refractivity contribution in [3.63, 3.8) is 0 Å². The molecule has 0 N–H and O–H groups in total. The molecule has 0 saturated heterocycles. The van der Waals surface area contributed by atoms with Crippen LogP contribution in [0.1, 0.15) is 27.8 Å². The van der Waals surface area contributed by atoms with Gasteiger partial charge in [0.2, 0.25) is 0 Å². The predicted molar refractivity (Wildman–Crippen MR) is 93.8 cm³/mol. The van der Waals surface area contributed by atoms with Crippen molar-refractivity contribution >= 4 is 32.3 Å². The van der Waals surface area contributed by atoms with Crippen LogP contribution in [0.25, 0.3) is 32.3 Å². The summed E-state index contributed by atoms with van der Waals surface area (Å²) < 4.78 is 0. The summed E-state index contributed by atoms with van der Waals surface area (Å²) in [5.41, 5.74) is 7.05. The van der Waals surface area contributed by atoms with Gasteiger partial charge in [-0.3, -0.25) is 0 Å². The third-order valence-corrected chi connectivity index (χ3v) is 5.36. The SMILES string of the molecule is Cc1cc2c(C)c(C)c3c(C)ccc4ccc(c1C)c2c43. The molecule has 0 radical (unpaired) electrons. The molecule has 0 fully saturated rings. The zero-order valence-corrected chi connectivity index (χ0v) is 13.4. The van der Waals surface area contributed by atoms with Crippen molar-refractivity contribution in [2.75, 3.05) is 0 Å². The van der Waals surface area contributed by atoms with Crippen LogP contribution in [0, 0.1) is 34.6 Å². The molecule has 21 heavy (non-hydrogen) atoms. The van der Waals surface area contributed by atoms with Crippen LogP contribution in [0.3, 0.4) is 0 Å². The van der Waals surface area contributed by atoms with E-state index in [0.717, 1.165) is 0 Å². The van der Waals surface area contributed by atoms with Crippen molar-refractivity contribution in [3.05, 3.63) is 58.1 Å². The van der Waals surface area contributed by atoms with E-state index in [1.165, 1.54) is 60.1 Å². The zero-order valence-electron chi connectivity index (χ0n) is 13.4. The summed E-state index contributed by atoms with van der Waals surface area (Å²) in [7, 11) is 0. The second-order valence-corrected chi connectivity index (χ2v) is 6.46. The molecular weight excluding hydrogens is 252 g/mol. The molecule has 0 aliphatic carbocycles. The fourth-order valence-corrected chi connectivity index (χ4v) is 3.89. The first-order valence-electron chi connectivity index (χ1n) is 7.65. The highest BCUT2D eigenvalue weighted by Gasteiger charge is 2.16. The Balaban J connectivity index is 2.51. The van der Waals surface area contributed by atoms with Crippen LogP contribution in [-0.2, 0) is 0 Å². The molecule has 0 aromatic heterocycles. The van der Waals surface area contributed by atoms with E-state index in [1.54, 1.807) is 0 Å². The molecule has 0 aliphatic rings. The van der Waals surface area contributed by atoms with Gasteiger partial charge in [0.15, 0.2) is 0 Å². The lowest BCUT2D eigenvalue weighted by Crippen LogP contribution is -1.96. The highest BCUT2D eigenvalue weighted by molar-refractivity contribution is 6.26. The number of benzene rings is 4. The van der Waals surface area contributed by atoms with Crippen LogP contribution in [0.4, 0.5) is 0 Å². The molecule has 0 saturated carbocycles. The Hall–Kier alpha value is -2.08. The van der Waals surface area contributed by atoms with E-state index in [4.69, 9.17) is 0 Å². The summed E-state index contributed by atoms with van der Waals surface area (Å²) in [6, 6.07) is 11.5. The maximum atomic E-state index is 2.38. The maximum Gasteiger partial charge on any atom is -0.00210 e. The Bertz CT molecular complexity index is 1020. The van der Waals surface area contributed by atoms with E-state index in [9.17, 15) is 0 Å². The van der Waals surface area contributed by atoms with Gasteiger partial charge in [-0.15, -0.1) is 0 Å². The first-order chi connectivity index (χ1) is 10.0. The van der Waals surface area contributed by atoms with Gasteiger partial charge in [0, 0.05) is 0 Å². The molecule has 4 rings (SSSR count). The fourth-order valence-electron chi connectivity index (χ4n) is 3.89. The Morgan fingerprint density at radius 2 is 1.24 bits per heavy atom. The monoisotopic (exact) mass is 272 g/mol. The predicted octanol–water partition coefficient (Wildman–Crippen LogP) is 6.13. The van der Waals surface area contributed by atoms with E-state index in [0.29, 0.717) is 0 Å². The van der Waals surface area contributed by atoms with Gasteiger partial charge >= 0.3 is 0 Å². The molecule has 0 nitrogen and oxygen atoms in total. The summed E-state index contributed by atoms with van der Waals surface area (Å²) in [5.74, 6) is 0. The second-order valence-electron chi connectivity index (χ2n) is 6.46. The van der Waals surface area contributed by atoms with Crippen LogP contribution in [0.5, 0.6) is 0 Å². The molecule has 0 amide bonds. The molecule has 0 aliphatic heterocycles. The van der Waals surface area contributed by atoms with E-state index in [1.807, 2.05) is 0 Å². The number of hydrogen-bond acceptors (Lipinski definition) is 0. The van der Waals surface area contributed by atoms with E-state index >= 15 is 0 Å². The van der Waals surface area contributed by atoms with Crippen LogP contribution in [0.15, 0.2) is 30.3 Å². The maximum absolute atomic E-state index is 2.38. The largest absolute Gasteiger partial charge is 0.0581 e. The molecule has 0 unspecified atom stereocenters. The van der Waals surface area contributed by atoms with Crippen LogP contribution >= 0.6 is 0 Å². The van der Waals surface area contributed by atoms with Gasteiger partial charge in [0.05, 0.1) is 0 Å². The summed E-state index contributed by atoms with van der Waals surface area (Å²) in [5, 5.41) is 8.56. The van der Waals surface area contributed by atoms with Crippen molar-refractivity contribution in [1.29, 1.82) is 0 Å². The molecule has 0 heterocycles. The molecule has 0 atom stereocenters. The normalized spacial score (nSPS) is 12.0. The molecule has 0 bridgehead atoms. The highest BCUT2D eigenvalue weighted by atomic mass is 14.2. The van der Waals surface area contributed by atoms with Crippen LogP contribution in [0.2, 0.25) is 0 Å². The molecule has 0 spiro atoms. The minimum Gasteiger partial charge on any atom is -0.0581 e. The van der Waals surface area contributed by atoms with Crippen molar-refractivity contribution in [3.8, 4) is 0 Å². The molecular formula is C21H20. The first kappa shape index (κ1) is 12.6. The van der Waals surface area contributed by atoms with Crippen LogP contribution < -0.4 is 0 Å². The topological polar surface area (TPSA) is 0 Å². The number of aryl methyl sites for hydroxylation is 5. The van der Waals surface area contributed by atoms with Crippen molar-refractivity contribution < 1.29 is 0 Å². The van der Waals surface area contributed by atoms with Crippen molar-refractivity contribution in [1.82, 2.24) is 0 Å². The highest BCUT2D eigenvalue weighted by Crippen LogP contribution is 2.41. The Morgan fingerprint density at radius 1 is 0.524 bits per heavy atom. The number of rotatable bonds is 0. The Kier molecular flexibility index (Phi) is 2.39. The first-order valence-corrected chi connectivity index (χ1v) is 7.65. The number of hydrogen-bond donors (Lipinski definition) is 0. The molecule has 4 aromatic rings. The average molecular weight is 272 g/mol. The summed E-state index contributed by atoms with van der Waals surface area (Å²) in [6.45, 7) is 11.2. The third kappa shape index (κ3) is 1.45. The summed E-state index contributed by atoms with van der Waals surface area (Å²) >= 11 is 0. The van der Waals surface area contributed by atoms with Crippen LogP contribution in [-0.4, -0.2) is 0 Å². The van der Waals surface area contributed by atoms with E-state index < -0.39 is 0 Å². The van der Waals surface area contributed by atoms with Gasteiger partial charge in [0.25, 0.3) is 0 Å². The third-order valence-electron chi connectivity index (χ3n) is 5.36. The van der Waals surface area contributed by atoms with Gasteiger partial charge < -0.3 is 0 Å². The fraction of sp³-hybridized carbons (Fsp3) is 0.238. The lowest BCUT2D eigenvalue weighted by Gasteiger charge is -2.19. The summed E-state index contributed by atoms with van der Waals surface area (Å²) in [6.07, 6.45) is 0. The Labute approximate surface area is 125 Å². The van der Waals surface area contributed by atoms with E-state index in [2.05, 4.69) is 65.0 Å². The minimum atomic E-state index is 1.36. The average Bonchev–Trinajstić information content (AvgIpc) is 2.47. The Morgan fingerprint density at radius 3 is 2.00 bits per heavy atom.